The first kappa shape index (κ1) is 31.9. The number of aliphatic hydroxyl groups is 2. The van der Waals surface area contributed by atoms with E-state index in [9.17, 15) is 0 Å². The zero-order chi connectivity index (χ0) is 27.5. The van der Waals surface area contributed by atoms with Gasteiger partial charge in [-0.25, -0.2) is 0 Å². The summed E-state index contributed by atoms with van der Waals surface area (Å²) in [4.78, 5) is 0. The van der Waals surface area contributed by atoms with Crippen molar-refractivity contribution in [3.63, 3.8) is 0 Å². The zero-order valence-corrected chi connectivity index (χ0v) is 26.0. The monoisotopic (exact) mass is 611 g/mol. The molecule has 0 bridgehead atoms. The summed E-state index contributed by atoms with van der Waals surface area (Å²) in [6, 6.07) is 53.4. The van der Waals surface area contributed by atoms with Gasteiger partial charge < -0.3 is 10.2 Å². The third kappa shape index (κ3) is 8.95. The first-order chi connectivity index (χ1) is 19.0. The third-order valence-electron chi connectivity index (χ3n) is 6.40. The van der Waals surface area contributed by atoms with Gasteiger partial charge in [0.15, 0.2) is 0 Å². The van der Waals surface area contributed by atoms with Crippen molar-refractivity contribution in [3.8, 4) is 0 Å². The molecule has 0 spiro atoms. The molecule has 0 fully saturated rings. The minimum atomic E-state index is -1.14. The van der Waals surface area contributed by atoms with Crippen LogP contribution in [0.1, 0.15) is 20.3 Å². The van der Waals surface area contributed by atoms with E-state index < -0.39 is 15.8 Å². The Morgan fingerprint density at radius 3 is 0.850 bits per heavy atom. The summed E-state index contributed by atoms with van der Waals surface area (Å²) < 4.78 is 0. The fraction of sp³-hybridized carbons (Fsp3) is 0.143. The van der Waals surface area contributed by atoms with Gasteiger partial charge >= 0.3 is 0 Å². The Morgan fingerprint density at radius 2 is 0.650 bits per heavy atom. The zero-order valence-electron chi connectivity index (χ0n) is 22.9. The minimum absolute atomic E-state index is 0. The van der Waals surface area contributed by atoms with Crippen LogP contribution in [-0.4, -0.2) is 22.4 Å². The second-order valence-corrected chi connectivity index (χ2v) is 14.6. The van der Waals surface area contributed by atoms with Crippen molar-refractivity contribution in [2.45, 2.75) is 32.5 Å². The molecule has 5 heteroatoms. The quantitative estimate of drug-likeness (QED) is 0.248. The van der Waals surface area contributed by atoms with Crippen molar-refractivity contribution in [2.75, 3.05) is 0 Å². The van der Waals surface area contributed by atoms with Crippen LogP contribution in [0.2, 0.25) is 0 Å². The number of aliphatic hydroxyl groups excluding tert-OH is 2. The molecule has 1 radical (unpaired) electrons. The molecule has 2 atom stereocenters. The van der Waals surface area contributed by atoms with Crippen molar-refractivity contribution >= 4 is 47.7 Å². The van der Waals surface area contributed by atoms with Crippen LogP contribution in [0.15, 0.2) is 146 Å². The molecule has 2 nitrogen and oxygen atoms in total. The van der Waals surface area contributed by atoms with Gasteiger partial charge in [0.2, 0.25) is 0 Å². The Hall–Kier alpha value is -2.61. The molecule has 40 heavy (non-hydrogen) atoms. The van der Waals surface area contributed by atoms with Gasteiger partial charge in [-0.05, 0) is 80.9 Å². The number of hydrogen-bond acceptors (Lipinski definition) is 2. The molecular formula is C35H38CoO2P2+2. The van der Waals surface area contributed by atoms with Gasteiger partial charge in [0.25, 0.3) is 0 Å². The molecule has 2 N–H and O–H groups in total. The summed E-state index contributed by atoms with van der Waals surface area (Å²) in [6.45, 7) is 3.32. The fourth-order valence-corrected chi connectivity index (χ4v) is 10.8. The molecule has 0 amide bonds. The van der Waals surface area contributed by atoms with Crippen molar-refractivity contribution in [1.82, 2.24) is 0 Å². The Morgan fingerprint density at radius 1 is 0.425 bits per heavy atom. The van der Waals surface area contributed by atoms with Crippen molar-refractivity contribution < 1.29 is 27.0 Å². The number of benzene rings is 5. The van der Waals surface area contributed by atoms with Crippen LogP contribution in [0.4, 0.5) is 0 Å². The van der Waals surface area contributed by atoms with Crippen LogP contribution < -0.4 is 31.8 Å². The molecule has 0 saturated heterocycles. The molecular weight excluding hydrogens is 573 g/mol. The molecule has 5 aromatic rings. The predicted molar refractivity (Wildman–Crippen MR) is 175 cm³/mol. The number of rotatable bonds is 8. The maximum absolute atomic E-state index is 8.56. The molecule has 0 aliphatic heterocycles. The molecule has 5 rings (SSSR count). The molecule has 0 aliphatic rings. The smallest absolute Gasteiger partial charge is 0.144 e. The molecule has 0 heterocycles. The summed E-state index contributed by atoms with van der Waals surface area (Å²) in [5, 5.41) is 25.8. The van der Waals surface area contributed by atoms with Crippen LogP contribution in [0.25, 0.3) is 0 Å². The summed E-state index contributed by atoms with van der Waals surface area (Å²) in [5.41, 5.74) is 0. The second-order valence-electron chi connectivity index (χ2n) is 9.69. The first-order valence-electron chi connectivity index (χ1n) is 13.5. The maximum atomic E-state index is 8.56. The topological polar surface area (TPSA) is 40.5 Å². The number of hydrogen-bond donors (Lipinski definition) is 2. The Bertz CT molecular complexity index is 1200. The van der Waals surface area contributed by atoms with Crippen LogP contribution in [0, 0.1) is 0 Å². The van der Waals surface area contributed by atoms with Crippen molar-refractivity contribution in [2.24, 2.45) is 0 Å². The predicted octanol–water partition coefficient (Wildman–Crippen LogP) is 4.80. The van der Waals surface area contributed by atoms with Crippen LogP contribution >= 0.6 is 15.8 Å². The van der Waals surface area contributed by atoms with E-state index in [1.807, 2.05) is 0 Å². The van der Waals surface area contributed by atoms with E-state index in [0.717, 1.165) is 0 Å². The van der Waals surface area contributed by atoms with Gasteiger partial charge in [0.05, 0.1) is 12.2 Å². The van der Waals surface area contributed by atoms with E-state index in [1.54, 1.807) is 13.8 Å². The van der Waals surface area contributed by atoms with E-state index in [-0.39, 0.29) is 29.0 Å². The summed E-state index contributed by atoms with van der Waals surface area (Å²) >= 11 is 0. The molecule has 0 aromatic heterocycles. The van der Waals surface area contributed by atoms with E-state index in [0.29, 0.717) is 6.42 Å². The fourth-order valence-electron chi connectivity index (χ4n) is 4.79. The summed E-state index contributed by atoms with van der Waals surface area (Å²) in [6.07, 6.45) is -0.278. The normalized spacial score (nSPS) is 12.2. The van der Waals surface area contributed by atoms with Crippen LogP contribution in [-0.2, 0) is 16.8 Å². The van der Waals surface area contributed by atoms with Crippen molar-refractivity contribution in [1.29, 1.82) is 0 Å². The SMILES string of the molecule is CC(O)CC(C)O.[Co].c1ccc([PH+](c2ccccc2)c2ccccc2[PH+](c2ccccc2)c2ccccc2)cc1. The Labute approximate surface area is 251 Å². The summed E-state index contributed by atoms with van der Waals surface area (Å²) in [5.74, 6) is 0. The molecule has 0 aliphatic carbocycles. The van der Waals surface area contributed by atoms with Crippen LogP contribution in [0.5, 0.6) is 0 Å². The Balaban J connectivity index is 0.000000492. The first-order valence-corrected chi connectivity index (χ1v) is 16.5. The van der Waals surface area contributed by atoms with Gasteiger partial charge in [-0.1, -0.05) is 84.9 Å². The Kier molecular flexibility index (Phi) is 13.2. The van der Waals surface area contributed by atoms with Gasteiger partial charge in [0.1, 0.15) is 47.7 Å². The second kappa shape index (κ2) is 16.6. The third-order valence-corrected chi connectivity index (χ3v) is 12.2. The van der Waals surface area contributed by atoms with Gasteiger partial charge in [-0.15, -0.1) is 0 Å². The standard InChI is InChI=1S/C30H24P2.C5H12O2.Co/c1-5-15-25(16-6-1)31(26-17-7-2-8-18-26)29-23-13-14-24-30(29)32(27-19-9-3-10-20-27)28-21-11-4-12-22-28;1-4(6)3-5(2)7;/h1-24H;4-7H,3H2,1-2H3;/p+2. The van der Waals surface area contributed by atoms with Gasteiger partial charge in [-0.2, -0.15) is 0 Å². The van der Waals surface area contributed by atoms with Gasteiger partial charge in [0, 0.05) is 16.8 Å². The van der Waals surface area contributed by atoms with E-state index in [2.05, 4.69) is 146 Å². The largest absolute Gasteiger partial charge is 0.393 e. The average Bonchev–Trinajstić information content (AvgIpc) is 2.96. The summed E-state index contributed by atoms with van der Waals surface area (Å²) in [7, 11) is -2.28. The molecule has 207 valence electrons. The molecule has 0 saturated carbocycles. The van der Waals surface area contributed by atoms with E-state index in [1.165, 1.54) is 31.8 Å². The average molecular weight is 612 g/mol. The van der Waals surface area contributed by atoms with Crippen molar-refractivity contribution in [3.05, 3.63) is 146 Å². The molecule has 5 aromatic carbocycles. The van der Waals surface area contributed by atoms with E-state index >= 15 is 0 Å². The van der Waals surface area contributed by atoms with Gasteiger partial charge in [-0.3, -0.25) is 0 Å². The van der Waals surface area contributed by atoms with E-state index in [4.69, 9.17) is 10.2 Å². The molecule has 2 unspecified atom stereocenters. The maximum Gasteiger partial charge on any atom is 0.144 e. The van der Waals surface area contributed by atoms with Crippen LogP contribution in [0.3, 0.4) is 0 Å². The minimum Gasteiger partial charge on any atom is -0.393 e.